The summed E-state index contributed by atoms with van der Waals surface area (Å²) in [6, 6.07) is 11.1. The number of aliphatic carboxylic acids is 1. The first-order valence-electron chi connectivity index (χ1n) is 10.8. The van der Waals surface area contributed by atoms with Crippen LogP contribution in [-0.2, 0) is 14.3 Å². The third-order valence-corrected chi connectivity index (χ3v) is 5.84. The van der Waals surface area contributed by atoms with Crippen molar-refractivity contribution >= 4 is 17.7 Å². The second kappa shape index (κ2) is 12.4. The summed E-state index contributed by atoms with van der Waals surface area (Å²) in [5.41, 5.74) is 2.31. The third kappa shape index (κ3) is 6.44. The van der Waals surface area contributed by atoms with Gasteiger partial charge in [-0.1, -0.05) is 25.6 Å². The van der Waals surface area contributed by atoms with Gasteiger partial charge in [-0.3, -0.25) is 9.36 Å². The predicted molar refractivity (Wildman–Crippen MR) is 131 cm³/mol. The molecule has 2 aromatic carbocycles. The summed E-state index contributed by atoms with van der Waals surface area (Å²) in [6.07, 6.45) is 0. The lowest BCUT2D eigenvalue weighted by molar-refractivity contribution is -0.133. The first-order chi connectivity index (χ1) is 16.9. The lowest BCUT2D eigenvalue weighted by Gasteiger charge is -2.19. The zero-order valence-electron chi connectivity index (χ0n) is 20.3. The molecule has 1 aromatic heterocycles. The molecule has 0 aliphatic rings. The molecule has 1 heterocycles. The van der Waals surface area contributed by atoms with E-state index in [0.29, 0.717) is 33.8 Å². The van der Waals surface area contributed by atoms with Gasteiger partial charge in [-0.2, -0.15) is 0 Å². The maximum Gasteiger partial charge on any atom is 0.313 e. The van der Waals surface area contributed by atoms with Gasteiger partial charge in [0.2, 0.25) is 0 Å². The van der Waals surface area contributed by atoms with E-state index in [4.69, 9.17) is 23.7 Å². The number of carbonyl (C=O) groups is 1. The Balaban J connectivity index is 2.22. The van der Waals surface area contributed by atoms with Gasteiger partial charge in [0, 0.05) is 20.3 Å². The number of hydrogen-bond donors (Lipinski definition) is 1. The maximum atomic E-state index is 11.2. The maximum absolute atomic E-state index is 11.2. The molecule has 0 amide bonds. The normalized spacial score (nSPS) is 11.0. The van der Waals surface area contributed by atoms with Crippen molar-refractivity contribution in [3.63, 3.8) is 0 Å². The number of carboxylic acid groups (broad SMARTS) is 1. The SMILES string of the molecule is COCOc1cc(OCOC)c(C(C)C)cc1-c1nnc(SCC(=O)O)n1-c1ccc(OC)cc1. The number of carboxylic acids is 1. The molecule has 10 nitrogen and oxygen atoms in total. The molecule has 188 valence electrons. The van der Waals surface area contributed by atoms with Crippen LogP contribution in [0.4, 0.5) is 0 Å². The average Bonchev–Trinajstić information content (AvgIpc) is 3.28. The molecule has 1 N–H and O–H groups in total. The second-order valence-corrected chi connectivity index (χ2v) is 8.61. The topological polar surface area (TPSA) is 114 Å². The summed E-state index contributed by atoms with van der Waals surface area (Å²) in [7, 11) is 4.68. The molecular weight excluding hydrogens is 474 g/mol. The molecule has 35 heavy (non-hydrogen) atoms. The number of hydrogen-bond acceptors (Lipinski definition) is 9. The lowest BCUT2D eigenvalue weighted by atomic mass is 9.98. The van der Waals surface area contributed by atoms with Crippen LogP contribution in [0.25, 0.3) is 17.1 Å². The van der Waals surface area contributed by atoms with Crippen molar-refractivity contribution in [1.29, 1.82) is 0 Å². The fourth-order valence-corrected chi connectivity index (χ4v) is 3.99. The van der Waals surface area contributed by atoms with Crippen LogP contribution >= 0.6 is 11.8 Å². The predicted octanol–water partition coefficient (Wildman–Crippen LogP) is 4.21. The van der Waals surface area contributed by atoms with Gasteiger partial charge in [0.15, 0.2) is 24.6 Å². The number of ether oxygens (including phenoxy) is 5. The summed E-state index contributed by atoms with van der Waals surface area (Å²) >= 11 is 1.08. The number of benzene rings is 2. The Bertz CT molecular complexity index is 1130. The zero-order chi connectivity index (χ0) is 25.4. The number of nitrogens with zero attached hydrogens (tertiary/aromatic N) is 3. The molecule has 0 aliphatic carbocycles. The minimum atomic E-state index is -0.952. The highest BCUT2D eigenvalue weighted by Crippen LogP contribution is 2.40. The molecule has 0 aliphatic heterocycles. The summed E-state index contributed by atoms with van der Waals surface area (Å²) < 4.78 is 29.0. The van der Waals surface area contributed by atoms with Crippen molar-refractivity contribution in [1.82, 2.24) is 14.8 Å². The van der Waals surface area contributed by atoms with Crippen molar-refractivity contribution in [2.45, 2.75) is 24.9 Å². The standard InChI is InChI=1S/C24H29N3O7S/c1-15(2)18-10-19(21(34-14-31-4)11-20(18)33-13-30-3)23-25-26-24(35-12-22(28)29)27(23)16-6-8-17(32-5)9-7-16/h6-11,15H,12-14H2,1-5H3,(H,28,29). The van der Waals surface area contributed by atoms with Gasteiger partial charge < -0.3 is 28.8 Å². The van der Waals surface area contributed by atoms with E-state index in [1.165, 1.54) is 7.11 Å². The van der Waals surface area contributed by atoms with Crippen LogP contribution < -0.4 is 14.2 Å². The Morgan fingerprint density at radius 2 is 1.66 bits per heavy atom. The van der Waals surface area contributed by atoms with Crippen LogP contribution in [0.15, 0.2) is 41.6 Å². The average molecular weight is 504 g/mol. The summed E-state index contributed by atoms with van der Waals surface area (Å²) in [4.78, 5) is 11.2. The Morgan fingerprint density at radius 1 is 1.00 bits per heavy atom. The van der Waals surface area contributed by atoms with Gasteiger partial charge >= 0.3 is 5.97 Å². The Morgan fingerprint density at radius 3 is 2.23 bits per heavy atom. The largest absolute Gasteiger partial charge is 0.497 e. The molecule has 0 radical (unpaired) electrons. The molecule has 0 spiro atoms. The van der Waals surface area contributed by atoms with Crippen LogP contribution in [0.2, 0.25) is 0 Å². The van der Waals surface area contributed by atoms with E-state index in [0.717, 1.165) is 23.0 Å². The minimum absolute atomic E-state index is 0.00897. The van der Waals surface area contributed by atoms with E-state index >= 15 is 0 Å². The van der Waals surface area contributed by atoms with E-state index in [2.05, 4.69) is 24.0 Å². The zero-order valence-corrected chi connectivity index (χ0v) is 21.1. The molecule has 3 aromatic rings. The van der Waals surface area contributed by atoms with Gasteiger partial charge in [-0.25, -0.2) is 0 Å². The van der Waals surface area contributed by atoms with Gasteiger partial charge in [0.1, 0.15) is 17.2 Å². The van der Waals surface area contributed by atoms with E-state index in [-0.39, 0.29) is 25.3 Å². The van der Waals surface area contributed by atoms with Crippen molar-refractivity contribution in [2.24, 2.45) is 0 Å². The van der Waals surface area contributed by atoms with Crippen molar-refractivity contribution in [3.05, 3.63) is 42.0 Å². The number of methoxy groups -OCH3 is 3. The smallest absolute Gasteiger partial charge is 0.313 e. The van der Waals surface area contributed by atoms with Gasteiger partial charge in [0.05, 0.1) is 24.1 Å². The molecule has 0 bridgehead atoms. The number of aromatic nitrogens is 3. The van der Waals surface area contributed by atoms with E-state index in [1.807, 2.05) is 30.3 Å². The van der Waals surface area contributed by atoms with Crippen molar-refractivity contribution in [2.75, 3.05) is 40.7 Å². The fourth-order valence-electron chi connectivity index (χ4n) is 3.32. The third-order valence-electron chi connectivity index (χ3n) is 4.93. The molecule has 0 fully saturated rings. The van der Waals surface area contributed by atoms with Crippen LogP contribution in [0, 0.1) is 0 Å². The van der Waals surface area contributed by atoms with Crippen molar-refractivity contribution in [3.8, 4) is 34.3 Å². The Hall–Kier alpha value is -3.28. The van der Waals surface area contributed by atoms with E-state index in [9.17, 15) is 9.90 Å². The van der Waals surface area contributed by atoms with Crippen LogP contribution in [0.1, 0.15) is 25.3 Å². The highest BCUT2D eigenvalue weighted by atomic mass is 32.2. The van der Waals surface area contributed by atoms with E-state index in [1.54, 1.807) is 24.9 Å². The summed E-state index contributed by atoms with van der Waals surface area (Å²) in [6.45, 7) is 4.20. The van der Waals surface area contributed by atoms with Gasteiger partial charge in [-0.05, 0) is 41.8 Å². The van der Waals surface area contributed by atoms with Gasteiger partial charge in [0.25, 0.3) is 0 Å². The monoisotopic (exact) mass is 503 g/mol. The molecule has 0 saturated heterocycles. The molecule has 0 unspecified atom stereocenters. The van der Waals surface area contributed by atoms with E-state index < -0.39 is 5.97 Å². The highest BCUT2D eigenvalue weighted by Gasteiger charge is 2.23. The first kappa shape index (κ1) is 26.3. The molecule has 11 heteroatoms. The minimum Gasteiger partial charge on any atom is -0.497 e. The van der Waals surface area contributed by atoms with Crippen LogP contribution in [0.3, 0.4) is 0 Å². The van der Waals surface area contributed by atoms with Crippen LogP contribution in [0.5, 0.6) is 17.2 Å². The molecule has 0 atom stereocenters. The lowest BCUT2D eigenvalue weighted by Crippen LogP contribution is -2.08. The molecule has 3 rings (SSSR count). The summed E-state index contributed by atoms with van der Waals surface area (Å²) in [5.74, 6) is 1.26. The van der Waals surface area contributed by atoms with Crippen molar-refractivity contribution < 1.29 is 33.6 Å². The highest BCUT2D eigenvalue weighted by molar-refractivity contribution is 7.99. The fraction of sp³-hybridized carbons (Fsp3) is 0.375. The van der Waals surface area contributed by atoms with Crippen LogP contribution in [-0.4, -0.2) is 66.5 Å². The van der Waals surface area contributed by atoms with Gasteiger partial charge in [-0.15, -0.1) is 10.2 Å². The summed E-state index contributed by atoms with van der Waals surface area (Å²) in [5, 5.41) is 18.4. The number of rotatable bonds is 13. The molecular formula is C24H29N3O7S. The molecule has 0 saturated carbocycles. The number of thioether (sulfide) groups is 1. The first-order valence-corrected chi connectivity index (χ1v) is 11.7. The second-order valence-electron chi connectivity index (χ2n) is 7.66. The Kier molecular flexibility index (Phi) is 9.35. The quantitative estimate of drug-likeness (QED) is 0.269. The Labute approximate surface area is 208 Å².